The second kappa shape index (κ2) is 14.8. The summed E-state index contributed by atoms with van der Waals surface area (Å²) in [4.78, 5) is 64.8. The molecule has 7 rings (SSSR count). The van der Waals surface area contributed by atoms with Crippen molar-refractivity contribution in [1.82, 2.24) is 25.0 Å². The van der Waals surface area contributed by atoms with Gasteiger partial charge in [-0.2, -0.15) is 0 Å². The summed E-state index contributed by atoms with van der Waals surface area (Å²) in [6.07, 6.45) is 7.89. The maximum atomic E-state index is 15.0. The molecule has 10 heteroatoms. The van der Waals surface area contributed by atoms with Gasteiger partial charge in [-0.05, 0) is 86.3 Å². The first-order valence-corrected chi connectivity index (χ1v) is 18.5. The lowest BCUT2D eigenvalue weighted by Crippen LogP contribution is -2.66. The molecule has 0 spiro atoms. The maximum Gasteiger partial charge on any atom is 0.228 e. The van der Waals surface area contributed by atoms with E-state index >= 15 is 0 Å². The number of hydrogen-bond donors (Lipinski definition) is 2. The molecular weight excluding hydrogens is 642 g/mol. The predicted octanol–water partition coefficient (Wildman–Crippen LogP) is 5.35. The van der Waals surface area contributed by atoms with E-state index in [9.17, 15) is 19.2 Å². The number of fused-ring (bicyclic) bond motifs is 5. The Bertz CT molecular complexity index is 1880. The van der Waals surface area contributed by atoms with Gasteiger partial charge in [0.25, 0.3) is 0 Å². The SMILES string of the molecule is CN(C)C(=O)CCc1ccc2c3c([nH]c2c1)[C@]1(CCc2ccccc2)[C@@H](C(=O)N2CCCCC2)C[C@H](CC(=O)NCc2ccco2)C(=O)N1CC3. The van der Waals surface area contributed by atoms with E-state index < -0.39 is 17.4 Å². The van der Waals surface area contributed by atoms with Gasteiger partial charge >= 0.3 is 0 Å². The van der Waals surface area contributed by atoms with Crippen LogP contribution in [-0.4, -0.2) is 77.0 Å². The number of furan rings is 1. The smallest absolute Gasteiger partial charge is 0.228 e. The summed E-state index contributed by atoms with van der Waals surface area (Å²) in [7, 11) is 3.55. The summed E-state index contributed by atoms with van der Waals surface area (Å²) in [5.74, 6) is -0.622. The van der Waals surface area contributed by atoms with E-state index in [1.54, 1.807) is 37.4 Å². The van der Waals surface area contributed by atoms with E-state index in [0.29, 0.717) is 63.9 Å². The number of benzene rings is 2. The van der Waals surface area contributed by atoms with Crippen molar-refractivity contribution in [2.75, 3.05) is 33.7 Å². The number of nitrogens with one attached hydrogen (secondary N) is 2. The number of carbonyl (C=O) groups is 4. The molecule has 2 N–H and O–H groups in total. The van der Waals surface area contributed by atoms with E-state index in [4.69, 9.17) is 4.42 Å². The summed E-state index contributed by atoms with van der Waals surface area (Å²) in [6.45, 7) is 2.14. The molecule has 3 atom stereocenters. The van der Waals surface area contributed by atoms with E-state index in [0.717, 1.165) is 52.5 Å². The molecular formula is C41H49N5O5. The highest BCUT2D eigenvalue weighted by Crippen LogP contribution is 2.53. The highest BCUT2D eigenvalue weighted by Gasteiger charge is 2.59. The summed E-state index contributed by atoms with van der Waals surface area (Å²) in [6, 6.07) is 20.2. The molecule has 0 radical (unpaired) electrons. The minimum atomic E-state index is -0.906. The molecule has 4 aromatic rings. The second-order valence-corrected chi connectivity index (χ2v) is 14.7. The molecule has 5 heterocycles. The third kappa shape index (κ3) is 6.93. The van der Waals surface area contributed by atoms with Gasteiger partial charge in [0.1, 0.15) is 5.76 Å². The van der Waals surface area contributed by atoms with Crippen LogP contribution in [0.25, 0.3) is 10.9 Å². The summed E-state index contributed by atoms with van der Waals surface area (Å²) >= 11 is 0. The van der Waals surface area contributed by atoms with Crippen LogP contribution in [0.15, 0.2) is 71.3 Å². The van der Waals surface area contributed by atoms with Crippen molar-refractivity contribution < 1.29 is 23.6 Å². The van der Waals surface area contributed by atoms with Crippen molar-refractivity contribution in [2.24, 2.45) is 11.8 Å². The normalized spacial score (nSPS) is 21.6. The summed E-state index contributed by atoms with van der Waals surface area (Å²) in [5, 5.41) is 4.02. The van der Waals surface area contributed by atoms with Crippen molar-refractivity contribution in [1.29, 1.82) is 0 Å². The number of carbonyl (C=O) groups excluding carboxylic acids is 4. The van der Waals surface area contributed by atoms with Crippen LogP contribution < -0.4 is 5.32 Å². The van der Waals surface area contributed by atoms with Crippen LogP contribution in [0, 0.1) is 11.8 Å². The molecule has 0 bridgehead atoms. The van der Waals surface area contributed by atoms with Crippen molar-refractivity contribution in [2.45, 2.75) is 76.3 Å². The number of amides is 4. The van der Waals surface area contributed by atoms with Crippen LogP contribution in [0.4, 0.5) is 0 Å². The first kappa shape index (κ1) is 34.6. The van der Waals surface area contributed by atoms with Crippen molar-refractivity contribution in [3.05, 3.63) is 95.1 Å². The molecule has 2 aromatic heterocycles. The van der Waals surface area contributed by atoms with E-state index in [2.05, 4.69) is 40.6 Å². The highest BCUT2D eigenvalue weighted by atomic mass is 16.3. The fraction of sp³-hybridized carbons (Fsp3) is 0.463. The molecule has 3 aliphatic rings. The van der Waals surface area contributed by atoms with Gasteiger partial charge in [0.2, 0.25) is 23.6 Å². The number of nitrogens with zero attached hydrogens (tertiary/aromatic N) is 3. The molecule has 0 saturated carbocycles. The first-order chi connectivity index (χ1) is 24.7. The Labute approximate surface area is 299 Å². The average molecular weight is 692 g/mol. The standard InChI is InChI=1S/C41H49N5O5/c1-44(2)37(48)16-14-29-13-15-32-33-18-22-46-39(49)30(26-36(47)42-27-31-12-9-23-51-31)25-34(40(50)45-20-7-4-8-21-45)41(46,38(33)43-35(32)24-29)19-17-28-10-5-3-6-11-28/h3,5-6,9-13,15,23-24,30,34,43H,4,7-8,14,16-22,25-27H2,1-2H3,(H,42,47)/t30-,34-,41+/m1/s1. The zero-order valence-electron chi connectivity index (χ0n) is 29.8. The Kier molecular flexibility index (Phi) is 10.0. The van der Waals surface area contributed by atoms with Gasteiger partial charge in [-0.3, -0.25) is 19.2 Å². The molecule has 10 nitrogen and oxygen atoms in total. The molecule has 2 fully saturated rings. The quantitative estimate of drug-likeness (QED) is 0.220. The minimum Gasteiger partial charge on any atom is -0.467 e. The highest BCUT2D eigenvalue weighted by molar-refractivity contribution is 5.93. The largest absolute Gasteiger partial charge is 0.467 e. The third-order valence-corrected chi connectivity index (χ3v) is 11.4. The monoisotopic (exact) mass is 691 g/mol. The number of H-pyrrole nitrogens is 1. The van der Waals surface area contributed by atoms with Gasteiger partial charge in [0.05, 0.1) is 24.3 Å². The molecule has 3 aliphatic heterocycles. The molecule has 51 heavy (non-hydrogen) atoms. The van der Waals surface area contributed by atoms with Gasteiger partial charge in [-0.25, -0.2) is 0 Å². The lowest BCUT2D eigenvalue weighted by molar-refractivity contribution is -0.167. The number of aromatic amines is 1. The molecule has 0 unspecified atom stereocenters. The first-order valence-electron chi connectivity index (χ1n) is 18.5. The van der Waals surface area contributed by atoms with Gasteiger partial charge in [0, 0.05) is 69.1 Å². The van der Waals surface area contributed by atoms with Crippen LogP contribution in [-0.2, 0) is 50.5 Å². The van der Waals surface area contributed by atoms with Crippen LogP contribution in [0.1, 0.15) is 73.1 Å². The van der Waals surface area contributed by atoms with Gasteiger partial charge in [-0.1, -0.05) is 42.5 Å². The van der Waals surface area contributed by atoms with E-state index in [1.807, 2.05) is 28.0 Å². The van der Waals surface area contributed by atoms with E-state index in [-0.39, 0.29) is 36.6 Å². The van der Waals surface area contributed by atoms with Gasteiger partial charge in [-0.15, -0.1) is 0 Å². The number of likely N-dealkylation sites (tertiary alicyclic amines) is 1. The number of aromatic nitrogens is 1. The fourth-order valence-corrected chi connectivity index (χ4v) is 8.71. The Morgan fingerprint density at radius 2 is 1.76 bits per heavy atom. The Hall–Kier alpha value is -4.86. The lowest BCUT2D eigenvalue weighted by Gasteiger charge is -2.56. The molecule has 2 saturated heterocycles. The van der Waals surface area contributed by atoms with Crippen LogP contribution in [0.2, 0.25) is 0 Å². The maximum absolute atomic E-state index is 15.0. The average Bonchev–Trinajstić information content (AvgIpc) is 3.82. The number of aryl methyl sites for hydroxylation is 2. The van der Waals surface area contributed by atoms with Crippen molar-refractivity contribution in [3.8, 4) is 0 Å². The van der Waals surface area contributed by atoms with E-state index in [1.165, 1.54) is 0 Å². The summed E-state index contributed by atoms with van der Waals surface area (Å²) in [5.41, 5.74) is 4.38. The van der Waals surface area contributed by atoms with Crippen molar-refractivity contribution >= 4 is 34.5 Å². The zero-order valence-corrected chi connectivity index (χ0v) is 29.8. The predicted molar refractivity (Wildman–Crippen MR) is 194 cm³/mol. The zero-order chi connectivity index (χ0) is 35.5. The van der Waals surface area contributed by atoms with Crippen LogP contribution in [0.5, 0.6) is 0 Å². The number of piperidine rings is 2. The van der Waals surface area contributed by atoms with Crippen LogP contribution >= 0.6 is 0 Å². The Balaban J connectivity index is 1.29. The minimum absolute atomic E-state index is 0.0170. The molecule has 268 valence electrons. The third-order valence-electron chi connectivity index (χ3n) is 11.4. The van der Waals surface area contributed by atoms with Gasteiger partial charge in [0.15, 0.2) is 0 Å². The molecule has 0 aliphatic carbocycles. The fourth-order valence-electron chi connectivity index (χ4n) is 8.71. The van der Waals surface area contributed by atoms with Crippen LogP contribution in [0.3, 0.4) is 0 Å². The van der Waals surface area contributed by atoms with Gasteiger partial charge < -0.3 is 29.4 Å². The Morgan fingerprint density at radius 3 is 2.51 bits per heavy atom. The molecule has 4 amide bonds. The molecule has 2 aromatic carbocycles. The van der Waals surface area contributed by atoms with Crippen molar-refractivity contribution in [3.63, 3.8) is 0 Å². The second-order valence-electron chi connectivity index (χ2n) is 14.7. The Morgan fingerprint density at radius 1 is 0.961 bits per heavy atom. The number of rotatable bonds is 11. The number of hydrogen-bond acceptors (Lipinski definition) is 5. The topological polar surface area (TPSA) is 119 Å². The summed E-state index contributed by atoms with van der Waals surface area (Å²) < 4.78 is 5.40. The lowest BCUT2D eigenvalue weighted by atomic mass is 9.64.